The second-order valence-electron chi connectivity index (χ2n) is 5.23. The van der Waals surface area contributed by atoms with Gasteiger partial charge < -0.3 is 0 Å². The van der Waals surface area contributed by atoms with Gasteiger partial charge in [0.15, 0.2) is 11.5 Å². The van der Waals surface area contributed by atoms with Crippen molar-refractivity contribution in [2.75, 3.05) is 0 Å². The summed E-state index contributed by atoms with van der Waals surface area (Å²) < 4.78 is 39.2. The van der Waals surface area contributed by atoms with Gasteiger partial charge in [-0.3, -0.25) is 9.48 Å². The van der Waals surface area contributed by atoms with Crippen LogP contribution in [0.3, 0.4) is 0 Å². The predicted octanol–water partition coefficient (Wildman–Crippen LogP) is 2.59. The highest BCUT2D eigenvalue weighted by Crippen LogP contribution is 2.40. The summed E-state index contributed by atoms with van der Waals surface area (Å²) in [6.07, 6.45) is -4.00. The molecule has 94 valence electrons. The van der Waals surface area contributed by atoms with E-state index in [1.54, 1.807) is 0 Å². The summed E-state index contributed by atoms with van der Waals surface area (Å²) in [5, 5.41) is 3.84. The van der Waals surface area contributed by atoms with Gasteiger partial charge in [0.05, 0.1) is 11.3 Å². The van der Waals surface area contributed by atoms with Crippen molar-refractivity contribution in [1.29, 1.82) is 0 Å². The third kappa shape index (κ3) is 1.96. The molecule has 0 aliphatic heterocycles. The number of halogens is 3. The summed E-state index contributed by atoms with van der Waals surface area (Å²) in [6.45, 7) is 3.71. The molecule has 1 aromatic rings. The standard InChI is InChI=1S/C11H13F3N2O/c1-10(2)4-6-8(7(17)5-10)9(11(12,13)14)16(3)15-6/h4-5H2,1-3H3. The second-order valence-corrected chi connectivity index (χ2v) is 5.23. The van der Waals surface area contributed by atoms with Crippen LogP contribution in [0.4, 0.5) is 13.2 Å². The summed E-state index contributed by atoms with van der Waals surface area (Å²) in [7, 11) is 1.22. The van der Waals surface area contributed by atoms with Gasteiger partial charge in [-0.15, -0.1) is 0 Å². The first kappa shape index (κ1) is 12.1. The zero-order chi connectivity index (χ0) is 13.0. The summed E-state index contributed by atoms with van der Waals surface area (Å²) >= 11 is 0. The Morgan fingerprint density at radius 2 is 1.88 bits per heavy atom. The van der Waals surface area contributed by atoms with E-state index in [1.807, 2.05) is 13.8 Å². The number of Topliss-reactive ketones (excluding diaryl/α,β-unsaturated/α-hetero) is 1. The van der Waals surface area contributed by atoms with Crippen LogP contribution in [-0.2, 0) is 19.6 Å². The maximum Gasteiger partial charge on any atom is 0.433 e. The van der Waals surface area contributed by atoms with Gasteiger partial charge in [-0.2, -0.15) is 18.3 Å². The highest BCUT2D eigenvalue weighted by atomic mass is 19.4. The fraction of sp³-hybridized carbons (Fsp3) is 0.636. The molecule has 0 fully saturated rings. The minimum Gasteiger partial charge on any atom is -0.294 e. The second kappa shape index (κ2) is 3.34. The third-order valence-electron chi connectivity index (χ3n) is 2.95. The Labute approximate surface area is 96.6 Å². The molecular formula is C11H13F3N2O. The number of carbonyl (C=O) groups excluding carboxylic acids is 1. The maximum atomic E-state index is 12.8. The molecule has 0 saturated carbocycles. The Morgan fingerprint density at radius 3 is 2.41 bits per heavy atom. The fourth-order valence-electron chi connectivity index (χ4n) is 2.36. The first-order chi connectivity index (χ1) is 7.62. The van der Waals surface area contributed by atoms with E-state index in [9.17, 15) is 18.0 Å². The molecule has 0 aromatic carbocycles. The molecule has 17 heavy (non-hydrogen) atoms. The number of fused-ring (bicyclic) bond motifs is 1. The summed E-state index contributed by atoms with van der Waals surface area (Å²) in [5.74, 6) is -0.461. The van der Waals surface area contributed by atoms with E-state index < -0.39 is 17.7 Å². The molecule has 0 N–H and O–H groups in total. The van der Waals surface area contributed by atoms with Crippen LogP contribution in [0.5, 0.6) is 0 Å². The number of nitrogens with zero attached hydrogens (tertiary/aromatic N) is 2. The van der Waals surface area contributed by atoms with E-state index in [4.69, 9.17) is 0 Å². The normalized spacial score (nSPS) is 19.3. The van der Waals surface area contributed by atoms with Gasteiger partial charge in [-0.1, -0.05) is 13.8 Å². The van der Waals surface area contributed by atoms with E-state index in [0.717, 1.165) is 4.68 Å². The number of hydrogen-bond donors (Lipinski definition) is 0. The van der Waals surface area contributed by atoms with Crippen LogP contribution in [0.1, 0.15) is 42.0 Å². The molecule has 6 heteroatoms. The minimum absolute atomic E-state index is 0.134. The van der Waals surface area contributed by atoms with Gasteiger partial charge in [0, 0.05) is 13.5 Å². The number of aromatic nitrogens is 2. The lowest BCUT2D eigenvalue weighted by atomic mass is 9.75. The minimum atomic E-state index is -4.54. The van der Waals surface area contributed by atoms with Gasteiger partial charge in [0.1, 0.15) is 0 Å². The van der Waals surface area contributed by atoms with Gasteiger partial charge in [0.25, 0.3) is 0 Å². The Hall–Kier alpha value is -1.33. The molecular weight excluding hydrogens is 233 g/mol. The average Bonchev–Trinajstić information content (AvgIpc) is 2.37. The fourth-order valence-corrected chi connectivity index (χ4v) is 2.36. The Bertz CT molecular complexity index is 486. The Morgan fingerprint density at radius 1 is 1.29 bits per heavy atom. The topological polar surface area (TPSA) is 34.9 Å². The molecule has 1 heterocycles. The number of rotatable bonds is 0. The molecule has 0 atom stereocenters. The van der Waals surface area contributed by atoms with Crippen molar-refractivity contribution >= 4 is 5.78 Å². The first-order valence-corrected chi connectivity index (χ1v) is 5.28. The van der Waals surface area contributed by atoms with E-state index >= 15 is 0 Å². The van der Waals surface area contributed by atoms with E-state index in [1.165, 1.54) is 7.05 Å². The van der Waals surface area contributed by atoms with Gasteiger partial charge >= 0.3 is 6.18 Å². The largest absolute Gasteiger partial charge is 0.433 e. The molecule has 3 nitrogen and oxygen atoms in total. The van der Waals surface area contributed by atoms with Crippen molar-refractivity contribution in [3.63, 3.8) is 0 Å². The number of aryl methyl sites for hydroxylation is 1. The molecule has 1 aliphatic rings. The zero-order valence-corrected chi connectivity index (χ0v) is 9.85. The van der Waals surface area contributed by atoms with E-state index in [0.29, 0.717) is 6.42 Å². The molecule has 0 amide bonds. The number of carbonyl (C=O) groups is 1. The number of ketones is 1. The van der Waals surface area contributed by atoms with Crippen molar-refractivity contribution in [1.82, 2.24) is 9.78 Å². The molecule has 2 rings (SSSR count). The number of alkyl halides is 3. The van der Waals surface area contributed by atoms with Crippen molar-refractivity contribution in [2.45, 2.75) is 32.9 Å². The molecule has 0 saturated heterocycles. The molecule has 0 spiro atoms. The smallest absolute Gasteiger partial charge is 0.294 e. The maximum absolute atomic E-state index is 12.8. The SMILES string of the molecule is Cn1nc2c(c1C(F)(F)F)C(=O)CC(C)(C)C2. The molecule has 1 aromatic heterocycles. The molecule has 0 radical (unpaired) electrons. The van der Waals surface area contributed by atoms with Crippen LogP contribution in [-0.4, -0.2) is 15.6 Å². The van der Waals surface area contributed by atoms with Gasteiger partial charge in [-0.25, -0.2) is 0 Å². The lowest BCUT2D eigenvalue weighted by Crippen LogP contribution is -2.28. The molecule has 1 aliphatic carbocycles. The molecule has 0 unspecified atom stereocenters. The summed E-state index contributed by atoms with van der Waals surface area (Å²) in [6, 6.07) is 0. The van der Waals surface area contributed by atoms with Crippen LogP contribution >= 0.6 is 0 Å². The van der Waals surface area contributed by atoms with Gasteiger partial charge in [0.2, 0.25) is 0 Å². The average molecular weight is 246 g/mol. The zero-order valence-electron chi connectivity index (χ0n) is 9.85. The summed E-state index contributed by atoms with van der Waals surface area (Å²) in [5.41, 5.74) is -1.21. The van der Waals surface area contributed by atoms with Crippen molar-refractivity contribution in [3.8, 4) is 0 Å². The van der Waals surface area contributed by atoms with Crippen LogP contribution in [0.2, 0.25) is 0 Å². The van der Waals surface area contributed by atoms with Crippen molar-refractivity contribution in [2.24, 2.45) is 12.5 Å². The predicted molar refractivity (Wildman–Crippen MR) is 54.6 cm³/mol. The van der Waals surface area contributed by atoms with Crippen LogP contribution in [0.15, 0.2) is 0 Å². The van der Waals surface area contributed by atoms with E-state index in [2.05, 4.69) is 5.10 Å². The van der Waals surface area contributed by atoms with Crippen LogP contribution < -0.4 is 0 Å². The third-order valence-corrected chi connectivity index (χ3v) is 2.95. The lowest BCUT2D eigenvalue weighted by molar-refractivity contribution is -0.144. The summed E-state index contributed by atoms with van der Waals surface area (Å²) in [4.78, 5) is 11.8. The molecule has 0 bridgehead atoms. The lowest BCUT2D eigenvalue weighted by Gasteiger charge is -2.27. The van der Waals surface area contributed by atoms with Gasteiger partial charge in [-0.05, 0) is 11.8 Å². The van der Waals surface area contributed by atoms with Crippen molar-refractivity contribution in [3.05, 3.63) is 17.0 Å². The monoisotopic (exact) mass is 246 g/mol. The highest BCUT2D eigenvalue weighted by molar-refractivity contribution is 6.00. The number of hydrogen-bond acceptors (Lipinski definition) is 2. The Kier molecular flexibility index (Phi) is 2.38. The van der Waals surface area contributed by atoms with Crippen LogP contribution in [0, 0.1) is 5.41 Å². The quantitative estimate of drug-likeness (QED) is 0.705. The van der Waals surface area contributed by atoms with Crippen molar-refractivity contribution < 1.29 is 18.0 Å². The highest BCUT2D eigenvalue weighted by Gasteiger charge is 2.44. The Balaban J connectivity index is 2.62. The van der Waals surface area contributed by atoms with Crippen LogP contribution in [0.25, 0.3) is 0 Å². The first-order valence-electron chi connectivity index (χ1n) is 5.28. The van der Waals surface area contributed by atoms with E-state index in [-0.39, 0.29) is 23.1 Å².